The molecular formula is C15H19F3Si. The first-order chi connectivity index (χ1) is 9.00. The highest BCUT2D eigenvalue weighted by Crippen LogP contribution is 2.37. The van der Waals surface area contributed by atoms with Gasteiger partial charge in [0.1, 0.15) is 0 Å². The lowest BCUT2D eigenvalue weighted by Gasteiger charge is -2.24. The molecular weight excluding hydrogens is 265 g/mol. The van der Waals surface area contributed by atoms with Crippen LogP contribution in [-0.2, 0) is 6.18 Å². The zero-order chi connectivity index (χ0) is 13.9. The Morgan fingerprint density at radius 1 is 1.11 bits per heavy atom. The summed E-state index contributed by atoms with van der Waals surface area (Å²) in [5.74, 6) is 0.425. The number of alkyl halides is 3. The molecule has 0 unspecified atom stereocenters. The highest BCUT2D eigenvalue weighted by molar-refractivity contribution is 6.09. The zero-order valence-corrected chi connectivity index (χ0v) is 13.1. The van der Waals surface area contributed by atoms with Crippen LogP contribution in [0.3, 0.4) is 0 Å². The first-order valence-electron chi connectivity index (χ1n) is 6.85. The zero-order valence-electron chi connectivity index (χ0n) is 11.1. The summed E-state index contributed by atoms with van der Waals surface area (Å²) in [5.41, 5.74) is 2.04. The lowest BCUT2D eigenvalue weighted by atomic mass is 9.81. The lowest BCUT2D eigenvalue weighted by molar-refractivity contribution is -0.137. The van der Waals surface area contributed by atoms with Crippen molar-refractivity contribution in [2.24, 2.45) is 0 Å². The summed E-state index contributed by atoms with van der Waals surface area (Å²) >= 11 is 0. The lowest BCUT2D eigenvalue weighted by Crippen LogP contribution is -2.08. The second-order valence-electron chi connectivity index (χ2n) is 5.16. The molecule has 0 aromatic heterocycles. The fraction of sp³-hybridized carbons (Fsp3) is 0.467. The van der Waals surface area contributed by atoms with E-state index in [1.165, 1.54) is 34.0 Å². The van der Waals surface area contributed by atoms with Gasteiger partial charge in [-0.15, -0.1) is 0 Å². The summed E-state index contributed by atoms with van der Waals surface area (Å²) in [6.45, 7) is 0. The molecule has 1 fully saturated rings. The molecule has 0 radical (unpaired) electrons. The van der Waals surface area contributed by atoms with Gasteiger partial charge in [0.05, 0.1) is 5.56 Å². The fourth-order valence-corrected chi connectivity index (χ4v) is 3.34. The Hall–Kier alpha value is -1.03. The van der Waals surface area contributed by atoms with Crippen molar-refractivity contribution in [1.82, 2.24) is 0 Å². The van der Waals surface area contributed by atoms with E-state index in [9.17, 15) is 13.2 Å². The van der Waals surface area contributed by atoms with Crippen LogP contribution in [-0.4, -0.2) is 10.2 Å². The maximum Gasteiger partial charge on any atom is 0.416 e. The van der Waals surface area contributed by atoms with E-state index in [0.717, 1.165) is 31.2 Å². The SMILES string of the molecule is FC(F)(F)c1ccc(C2CCC(=CC[SiH3])CC2)cc1. The molecule has 0 saturated heterocycles. The molecule has 0 atom stereocenters. The predicted molar refractivity (Wildman–Crippen MR) is 75.5 cm³/mol. The van der Waals surface area contributed by atoms with Gasteiger partial charge in [-0.25, -0.2) is 0 Å². The number of allylic oxidation sites excluding steroid dienone is 2. The molecule has 1 saturated carbocycles. The third-order valence-corrected chi connectivity index (χ3v) is 4.24. The molecule has 2 rings (SSSR count). The topological polar surface area (TPSA) is 0 Å². The number of halogens is 3. The van der Waals surface area contributed by atoms with Crippen LogP contribution < -0.4 is 0 Å². The minimum atomic E-state index is -4.23. The minimum Gasteiger partial charge on any atom is -0.166 e. The van der Waals surface area contributed by atoms with Gasteiger partial charge in [-0.3, -0.25) is 0 Å². The molecule has 0 heterocycles. The number of benzene rings is 1. The molecule has 0 aliphatic heterocycles. The van der Waals surface area contributed by atoms with Gasteiger partial charge in [-0.05, 0) is 55.3 Å². The van der Waals surface area contributed by atoms with Crippen molar-refractivity contribution in [3.05, 3.63) is 47.0 Å². The molecule has 1 aromatic carbocycles. The summed E-state index contributed by atoms with van der Waals surface area (Å²) in [4.78, 5) is 0. The van der Waals surface area contributed by atoms with E-state index in [0.29, 0.717) is 5.92 Å². The maximum atomic E-state index is 12.5. The van der Waals surface area contributed by atoms with E-state index in [1.54, 1.807) is 12.1 Å². The Morgan fingerprint density at radius 3 is 2.16 bits per heavy atom. The maximum absolute atomic E-state index is 12.5. The van der Waals surface area contributed by atoms with Crippen LogP contribution in [0.15, 0.2) is 35.9 Å². The summed E-state index contributed by atoms with van der Waals surface area (Å²) in [6, 6.07) is 6.92. The van der Waals surface area contributed by atoms with Gasteiger partial charge in [0.25, 0.3) is 0 Å². The van der Waals surface area contributed by atoms with Gasteiger partial charge in [0, 0.05) is 10.2 Å². The summed E-state index contributed by atoms with van der Waals surface area (Å²) < 4.78 is 37.5. The number of hydrogen-bond donors (Lipinski definition) is 0. The quantitative estimate of drug-likeness (QED) is 0.567. The molecule has 1 aromatic rings. The number of hydrogen-bond acceptors (Lipinski definition) is 0. The van der Waals surface area contributed by atoms with Crippen molar-refractivity contribution in [3.63, 3.8) is 0 Å². The first-order valence-corrected chi connectivity index (χ1v) is 8.27. The third-order valence-electron chi connectivity index (χ3n) is 3.83. The Balaban J connectivity index is 2.02. The van der Waals surface area contributed by atoms with Crippen LogP contribution >= 0.6 is 0 Å². The molecule has 0 nitrogen and oxygen atoms in total. The van der Waals surface area contributed by atoms with Crippen LogP contribution in [0, 0.1) is 0 Å². The van der Waals surface area contributed by atoms with E-state index in [4.69, 9.17) is 0 Å². The molecule has 19 heavy (non-hydrogen) atoms. The fourth-order valence-electron chi connectivity index (χ4n) is 2.76. The van der Waals surface area contributed by atoms with E-state index in [1.807, 2.05) is 0 Å². The second kappa shape index (κ2) is 5.95. The first kappa shape index (κ1) is 14.4. The van der Waals surface area contributed by atoms with Gasteiger partial charge < -0.3 is 0 Å². The summed E-state index contributed by atoms with van der Waals surface area (Å²) in [6.07, 6.45) is 2.46. The molecule has 1 aliphatic carbocycles. The smallest absolute Gasteiger partial charge is 0.166 e. The van der Waals surface area contributed by atoms with Gasteiger partial charge in [0.15, 0.2) is 0 Å². The molecule has 1 aliphatic rings. The second-order valence-corrected chi connectivity index (χ2v) is 5.98. The van der Waals surface area contributed by atoms with Crippen LogP contribution in [0.5, 0.6) is 0 Å². The molecule has 0 spiro atoms. The highest BCUT2D eigenvalue weighted by Gasteiger charge is 2.30. The normalized spacial score (nSPS) is 20.6. The van der Waals surface area contributed by atoms with Crippen molar-refractivity contribution in [2.75, 3.05) is 0 Å². The van der Waals surface area contributed by atoms with Crippen LogP contribution in [0.1, 0.15) is 42.7 Å². The monoisotopic (exact) mass is 284 g/mol. The van der Waals surface area contributed by atoms with Crippen LogP contribution in [0.4, 0.5) is 13.2 Å². The van der Waals surface area contributed by atoms with Crippen molar-refractivity contribution < 1.29 is 13.2 Å². The summed E-state index contributed by atoms with van der Waals surface area (Å²) in [7, 11) is 1.20. The molecule has 0 bridgehead atoms. The van der Waals surface area contributed by atoms with Crippen molar-refractivity contribution in [1.29, 1.82) is 0 Å². The average molecular weight is 284 g/mol. The van der Waals surface area contributed by atoms with Crippen LogP contribution in [0.2, 0.25) is 6.04 Å². The Bertz CT molecular complexity index is 435. The Kier molecular flexibility index (Phi) is 4.50. The summed E-state index contributed by atoms with van der Waals surface area (Å²) in [5, 5.41) is 0. The third kappa shape index (κ3) is 3.72. The molecule has 4 heteroatoms. The van der Waals surface area contributed by atoms with E-state index < -0.39 is 11.7 Å². The van der Waals surface area contributed by atoms with Crippen LogP contribution in [0.25, 0.3) is 0 Å². The predicted octanol–water partition coefficient (Wildman–Crippen LogP) is 4.07. The van der Waals surface area contributed by atoms with E-state index in [2.05, 4.69) is 6.08 Å². The average Bonchev–Trinajstić information content (AvgIpc) is 2.39. The molecule has 104 valence electrons. The van der Waals surface area contributed by atoms with Crippen molar-refractivity contribution in [3.8, 4) is 0 Å². The molecule has 0 amide bonds. The molecule has 0 N–H and O–H groups in total. The standard InChI is InChI=1S/C15H19F3Si/c16-15(17,18)14-7-5-13(6-8-14)12-3-1-11(2-4-12)9-10-19/h5-9,12H,1-4,10H2,19H3. The van der Waals surface area contributed by atoms with Gasteiger partial charge >= 0.3 is 6.18 Å². The number of rotatable bonds is 2. The van der Waals surface area contributed by atoms with E-state index >= 15 is 0 Å². The van der Waals surface area contributed by atoms with Gasteiger partial charge in [-0.2, -0.15) is 13.2 Å². The highest BCUT2D eigenvalue weighted by atomic mass is 28.1. The Morgan fingerprint density at radius 2 is 1.68 bits per heavy atom. The van der Waals surface area contributed by atoms with Crippen molar-refractivity contribution >= 4 is 10.2 Å². The van der Waals surface area contributed by atoms with Crippen molar-refractivity contribution in [2.45, 2.75) is 43.8 Å². The Labute approximate surface area is 115 Å². The van der Waals surface area contributed by atoms with Gasteiger partial charge in [-0.1, -0.05) is 23.8 Å². The van der Waals surface area contributed by atoms with E-state index in [-0.39, 0.29) is 0 Å². The largest absolute Gasteiger partial charge is 0.416 e. The minimum absolute atomic E-state index is 0.425. The van der Waals surface area contributed by atoms with Gasteiger partial charge in [0.2, 0.25) is 0 Å².